The van der Waals surface area contributed by atoms with Crippen molar-refractivity contribution >= 4 is 17.3 Å². The molecular formula is C16H15FN2O. The van der Waals surface area contributed by atoms with E-state index in [0.29, 0.717) is 12.2 Å². The SMILES string of the molecule is CC1Nc2cc(F)ccc2N(Cc2ccccc2)C1=O. The molecule has 1 atom stereocenters. The van der Waals surface area contributed by atoms with Gasteiger partial charge in [0.05, 0.1) is 17.9 Å². The Morgan fingerprint density at radius 2 is 1.95 bits per heavy atom. The number of hydrogen-bond acceptors (Lipinski definition) is 2. The van der Waals surface area contributed by atoms with E-state index in [-0.39, 0.29) is 17.8 Å². The van der Waals surface area contributed by atoms with Gasteiger partial charge in [-0.25, -0.2) is 4.39 Å². The van der Waals surface area contributed by atoms with E-state index in [1.54, 1.807) is 17.9 Å². The van der Waals surface area contributed by atoms with Crippen LogP contribution in [0.15, 0.2) is 48.5 Å². The molecule has 2 aromatic rings. The Bertz CT molecular complexity index is 642. The van der Waals surface area contributed by atoms with Gasteiger partial charge in [-0.2, -0.15) is 0 Å². The molecule has 0 saturated heterocycles. The maximum Gasteiger partial charge on any atom is 0.249 e. The van der Waals surface area contributed by atoms with E-state index in [4.69, 9.17) is 0 Å². The Morgan fingerprint density at radius 3 is 2.70 bits per heavy atom. The molecule has 4 heteroatoms. The molecule has 0 aliphatic carbocycles. The van der Waals surface area contributed by atoms with E-state index in [0.717, 1.165) is 11.3 Å². The lowest BCUT2D eigenvalue weighted by molar-refractivity contribution is -0.119. The van der Waals surface area contributed by atoms with Crippen molar-refractivity contribution in [3.8, 4) is 0 Å². The first-order valence-electron chi connectivity index (χ1n) is 6.56. The number of hydrogen-bond donors (Lipinski definition) is 1. The first-order chi connectivity index (χ1) is 9.65. The van der Waals surface area contributed by atoms with E-state index in [9.17, 15) is 9.18 Å². The summed E-state index contributed by atoms with van der Waals surface area (Å²) < 4.78 is 13.3. The summed E-state index contributed by atoms with van der Waals surface area (Å²) in [5.74, 6) is -0.314. The first-order valence-corrected chi connectivity index (χ1v) is 6.56. The second kappa shape index (κ2) is 4.96. The van der Waals surface area contributed by atoms with Crippen LogP contribution < -0.4 is 10.2 Å². The summed E-state index contributed by atoms with van der Waals surface area (Å²) >= 11 is 0. The number of nitrogens with one attached hydrogen (secondary N) is 1. The first kappa shape index (κ1) is 12.7. The number of rotatable bonds is 2. The van der Waals surface area contributed by atoms with Crippen molar-refractivity contribution in [2.75, 3.05) is 10.2 Å². The second-order valence-corrected chi connectivity index (χ2v) is 4.94. The van der Waals surface area contributed by atoms with E-state index >= 15 is 0 Å². The molecule has 1 unspecified atom stereocenters. The van der Waals surface area contributed by atoms with Crippen molar-refractivity contribution < 1.29 is 9.18 Å². The summed E-state index contributed by atoms with van der Waals surface area (Å²) in [6, 6.07) is 13.9. The zero-order chi connectivity index (χ0) is 14.1. The molecule has 102 valence electrons. The molecule has 2 aromatic carbocycles. The molecule has 0 bridgehead atoms. The molecule has 1 amide bonds. The van der Waals surface area contributed by atoms with Crippen molar-refractivity contribution in [3.63, 3.8) is 0 Å². The van der Waals surface area contributed by atoms with Gasteiger partial charge < -0.3 is 10.2 Å². The smallest absolute Gasteiger partial charge is 0.249 e. The monoisotopic (exact) mass is 270 g/mol. The fourth-order valence-corrected chi connectivity index (χ4v) is 2.44. The van der Waals surface area contributed by atoms with Gasteiger partial charge >= 0.3 is 0 Å². The number of benzene rings is 2. The van der Waals surface area contributed by atoms with Crippen LogP contribution in [0, 0.1) is 5.82 Å². The van der Waals surface area contributed by atoms with Crippen LogP contribution >= 0.6 is 0 Å². The van der Waals surface area contributed by atoms with Gasteiger partial charge in [-0.1, -0.05) is 30.3 Å². The van der Waals surface area contributed by atoms with Crippen LogP contribution in [0.5, 0.6) is 0 Å². The minimum atomic E-state index is -0.354. The molecule has 3 rings (SSSR count). The Morgan fingerprint density at radius 1 is 1.20 bits per heavy atom. The predicted octanol–water partition coefficient (Wildman–Crippen LogP) is 3.17. The summed E-state index contributed by atoms with van der Waals surface area (Å²) in [5, 5.41) is 3.03. The van der Waals surface area contributed by atoms with E-state index in [1.165, 1.54) is 12.1 Å². The molecule has 0 radical (unpaired) electrons. The molecule has 20 heavy (non-hydrogen) atoms. The fraction of sp³-hybridized carbons (Fsp3) is 0.188. The Labute approximate surface area is 117 Å². The minimum Gasteiger partial charge on any atom is -0.372 e. The highest BCUT2D eigenvalue weighted by Gasteiger charge is 2.29. The highest BCUT2D eigenvalue weighted by molar-refractivity contribution is 6.04. The number of fused-ring (bicyclic) bond motifs is 1. The van der Waals surface area contributed by atoms with Gasteiger partial charge in [0.25, 0.3) is 0 Å². The summed E-state index contributed by atoms with van der Waals surface area (Å²) in [5.41, 5.74) is 2.43. The number of anilines is 2. The average molecular weight is 270 g/mol. The van der Waals surface area contributed by atoms with Crippen LogP contribution in [0.1, 0.15) is 12.5 Å². The van der Waals surface area contributed by atoms with Crippen LogP contribution in [0.2, 0.25) is 0 Å². The number of carbonyl (C=O) groups is 1. The largest absolute Gasteiger partial charge is 0.372 e. The number of amides is 1. The standard InChI is InChI=1S/C16H15FN2O/c1-11-16(20)19(10-12-5-3-2-4-6-12)15-8-7-13(17)9-14(15)18-11/h2-9,11,18H,10H2,1H3. The molecule has 0 aromatic heterocycles. The van der Waals surface area contributed by atoms with Gasteiger partial charge in [-0.15, -0.1) is 0 Å². The van der Waals surface area contributed by atoms with Crippen molar-refractivity contribution in [1.29, 1.82) is 0 Å². The van der Waals surface area contributed by atoms with E-state index in [1.807, 2.05) is 30.3 Å². The van der Waals surface area contributed by atoms with E-state index in [2.05, 4.69) is 5.32 Å². The van der Waals surface area contributed by atoms with Gasteiger partial charge in [0, 0.05) is 0 Å². The van der Waals surface area contributed by atoms with E-state index < -0.39 is 0 Å². The molecule has 0 saturated carbocycles. The van der Waals surface area contributed by atoms with Gasteiger partial charge in [-0.3, -0.25) is 4.79 Å². The lowest BCUT2D eigenvalue weighted by Crippen LogP contribution is -2.45. The van der Waals surface area contributed by atoms with Crippen molar-refractivity contribution in [3.05, 3.63) is 59.9 Å². The molecule has 1 N–H and O–H groups in total. The summed E-state index contributed by atoms with van der Waals surface area (Å²) in [6.07, 6.45) is 0. The number of halogens is 1. The highest BCUT2D eigenvalue weighted by atomic mass is 19.1. The topological polar surface area (TPSA) is 32.3 Å². The zero-order valence-electron chi connectivity index (χ0n) is 11.1. The Hall–Kier alpha value is -2.36. The second-order valence-electron chi connectivity index (χ2n) is 4.94. The molecule has 0 fully saturated rings. The quantitative estimate of drug-likeness (QED) is 0.909. The zero-order valence-corrected chi connectivity index (χ0v) is 11.1. The van der Waals surface area contributed by atoms with Crippen LogP contribution in [0.3, 0.4) is 0 Å². The van der Waals surface area contributed by atoms with Gasteiger partial charge in [0.1, 0.15) is 11.9 Å². The summed E-state index contributed by atoms with van der Waals surface area (Å²) in [7, 11) is 0. The van der Waals surface area contributed by atoms with Crippen molar-refractivity contribution in [1.82, 2.24) is 0 Å². The number of nitrogens with zero attached hydrogens (tertiary/aromatic N) is 1. The highest BCUT2D eigenvalue weighted by Crippen LogP contribution is 2.33. The predicted molar refractivity (Wildman–Crippen MR) is 77.1 cm³/mol. The summed E-state index contributed by atoms with van der Waals surface area (Å²) in [6.45, 7) is 2.28. The van der Waals surface area contributed by atoms with Crippen LogP contribution in [0.4, 0.5) is 15.8 Å². The fourth-order valence-electron chi connectivity index (χ4n) is 2.44. The summed E-state index contributed by atoms with van der Waals surface area (Å²) in [4.78, 5) is 14.0. The maximum atomic E-state index is 13.3. The molecule has 1 aliphatic heterocycles. The molecular weight excluding hydrogens is 255 g/mol. The number of carbonyl (C=O) groups excluding carboxylic acids is 1. The molecule has 1 heterocycles. The van der Waals surface area contributed by atoms with Crippen LogP contribution in [-0.4, -0.2) is 11.9 Å². The maximum absolute atomic E-state index is 13.3. The molecule has 1 aliphatic rings. The lowest BCUT2D eigenvalue weighted by atomic mass is 10.1. The minimum absolute atomic E-state index is 0.00652. The van der Waals surface area contributed by atoms with Crippen LogP contribution in [-0.2, 0) is 11.3 Å². The third-order valence-corrected chi connectivity index (χ3v) is 3.44. The molecule has 3 nitrogen and oxygen atoms in total. The Kier molecular flexibility index (Phi) is 3.14. The third kappa shape index (κ3) is 2.25. The Balaban J connectivity index is 1.99. The van der Waals surface area contributed by atoms with Crippen LogP contribution in [0.25, 0.3) is 0 Å². The van der Waals surface area contributed by atoms with Gasteiger partial charge in [-0.05, 0) is 30.7 Å². The van der Waals surface area contributed by atoms with Crippen molar-refractivity contribution in [2.24, 2.45) is 0 Å². The van der Waals surface area contributed by atoms with Crippen molar-refractivity contribution in [2.45, 2.75) is 19.5 Å². The normalized spacial score (nSPS) is 17.6. The van der Waals surface area contributed by atoms with Gasteiger partial charge in [0.15, 0.2) is 0 Å². The van der Waals surface area contributed by atoms with Gasteiger partial charge in [0.2, 0.25) is 5.91 Å². The average Bonchev–Trinajstić information content (AvgIpc) is 2.45. The third-order valence-electron chi connectivity index (χ3n) is 3.44. The lowest BCUT2D eigenvalue weighted by Gasteiger charge is -2.34. The molecule has 0 spiro atoms.